The smallest absolute Gasteiger partial charge is 0.453 e. The van der Waals surface area contributed by atoms with Gasteiger partial charge in [-0.15, -0.1) is 0 Å². The largest absolute Gasteiger partial charge is 0.616 e. The van der Waals surface area contributed by atoms with Crippen LogP contribution in [0.1, 0.15) is 44.9 Å². The Kier molecular flexibility index (Phi) is 8.98. The van der Waals surface area contributed by atoms with Gasteiger partial charge in [0.1, 0.15) is 11.5 Å². The third-order valence-electron chi connectivity index (χ3n) is 2.65. The molecule has 0 saturated carbocycles. The second-order valence-electron chi connectivity index (χ2n) is 4.42. The van der Waals surface area contributed by atoms with Crippen molar-refractivity contribution in [2.24, 2.45) is 0 Å². The maximum Gasteiger partial charge on any atom is 0.453 e. The molecule has 0 bridgehead atoms. The van der Waals surface area contributed by atoms with E-state index in [0.717, 1.165) is 25.7 Å². The standard InChI is InChI=1S/C12H20F5OS/c1-2-3-4-5-6-9-19(18)10-7-8-11(13,14)12(15,16)17/h1-10H2. The fourth-order valence-electron chi connectivity index (χ4n) is 1.49. The van der Waals surface area contributed by atoms with Crippen LogP contribution in [0, 0.1) is 6.92 Å². The van der Waals surface area contributed by atoms with Crippen LogP contribution in [0.2, 0.25) is 0 Å². The van der Waals surface area contributed by atoms with Gasteiger partial charge in [0, 0.05) is 6.42 Å². The third-order valence-corrected chi connectivity index (χ3v) is 4.14. The van der Waals surface area contributed by atoms with Gasteiger partial charge in [0.25, 0.3) is 0 Å². The number of hydrogen-bond donors (Lipinski definition) is 0. The maximum absolute atomic E-state index is 12.5. The van der Waals surface area contributed by atoms with Gasteiger partial charge in [0.05, 0.1) is 0 Å². The summed E-state index contributed by atoms with van der Waals surface area (Å²) in [6.45, 7) is 3.68. The lowest BCUT2D eigenvalue weighted by molar-refractivity contribution is -0.284. The molecular formula is C12H20F5OS. The van der Waals surface area contributed by atoms with Crippen LogP contribution in [0.25, 0.3) is 0 Å². The molecule has 0 aromatic rings. The zero-order chi connectivity index (χ0) is 14.9. The summed E-state index contributed by atoms with van der Waals surface area (Å²) >= 11 is -1.30. The first-order valence-corrected chi connectivity index (χ1v) is 7.78. The predicted molar refractivity (Wildman–Crippen MR) is 66.6 cm³/mol. The first kappa shape index (κ1) is 19.0. The molecule has 1 unspecified atom stereocenters. The summed E-state index contributed by atoms with van der Waals surface area (Å²) in [6.07, 6.45) is -2.76. The van der Waals surface area contributed by atoms with E-state index in [9.17, 15) is 26.5 Å². The van der Waals surface area contributed by atoms with E-state index in [0.29, 0.717) is 12.2 Å². The van der Waals surface area contributed by atoms with E-state index in [-0.39, 0.29) is 12.2 Å². The second-order valence-corrected chi connectivity index (χ2v) is 6.12. The normalized spacial score (nSPS) is 14.7. The number of hydrogen-bond acceptors (Lipinski definition) is 1. The molecule has 0 spiro atoms. The molecule has 0 aromatic heterocycles. The van der Waals surface area contributed by atoms with E-state index in [4.69, 9.17) is 0 Å². The molecule has 7 heteroatoms. The molecule has 0 fully saturated rings. The van der Waals surface area contributed by atoms with Gasteiger partial charge in [-0.25, -0.2) is 0 Å². The number of halogens is 5. The Hall–Kier alpha value is -0.0400. The fraction of sp³-hybridized carbons (Fsp3) is 0.917. The molecule has 19 heavy (non-hydrogen) atoms. The van der Waals surface area contributed by atoms with Crippen molar-refractivity contribution in [3.8, 4) is 0 Å². The molecule has 0 aliphatic rings. The Morgan fingerprint density at radius 2 is 1.37 bits per heavy atom. The first-order chi connectivity index (χ1) is 8.70. The predicted octanol–water partition coefficient (Wildman–Crippen LogP) is 4.50. The highest BCUT2D eigenvalue weighted by molar-refractivity contribution is 7.91. The maximum atomic E-state index is 12.5. The summed E-state index contributed by atoms with van der Waals surface area (Å²) in [7, 11) is 0. The fourth-order valence-corrected chi connectivity index (χ4v) is 2.69. The molecular weight excluding hydrogens is 287 g/mol. The van der Waals surface area contributed by atoms with Crippen LogP contribution in [-0.2, 0) is 11.2 Å². The van der Waals surface area contributed by atoms with Crippen molar-refractivity contribution in [3.63, 3.8) is 0 Å². The molecule has 0 heterocycles. The van der Waals surface area contributed by atoms with E-state index in [1.54, 1.807) is 0 Å². The molecule has 0 rings (SSSR count). The summed E-state index contributed by atoms with van der Waals surface area (Å²) < 4.78 is 72.0. The molecule has 0 amide bonds. The highest BCUT2D eigenvalue weighted by Crippen LogP contribution is 2.38. The molecule has 0 aliphatic heterocycles. The lowest BCUT2D eigenvalue weighted by Crippen LogP contribution is -2.36. The summed E-state index contributed by atoms with van der Waals surface area (Å²) in [5.74, 6) is -4.40. The van der Waals surface area contributed by atoms with Crippen molar-refractivity contribution in [1.82, 2.24) is 0 Å². The van der Waals surface area contributed by atoms with Crippen molar-refractivity contribution in [3.05, 3.63) is 6.92 Å². The average molecular weight is 307 g/mol. The number of rotatable bonds is 10. The Labute approximate surface area is 114 Å². The first-order valence-electron chi connectivity index (χ1n) is 6.29. The van der Waals surface area contributed by atoms with Crippen LogP contribution in [-0.4, -0.2) is 28.2 Å². The van der Waals surface area contributed by atoms with Gasteiger partial charge in [0.2, 0.25) is 0 Å². The van der Waals surface area contributed by atoms with Crippen molar-refractivity contribution in [2.75, 3.05) is 11.5 Å². The van der Waals surface area contributed by atoms with Crippen LogP contribution in [0.4, 0.5) is 22.0 Å². The van der Waals surface area contributed by atoms with E-state index >= 15 is 0 Å². The van der Waals surface area contributed by atoms with E-state index < -0.39 is 29.7 Å². The van der Waals surface area contributed by atoms with Gasteiger partial charge in [-0.2, -0.15) is 22.0 Å². The molecule has 0 saturated heterocycles. The molecule has 0 aliphatic carbocycles. The Morgan fingerprint density at radius 3 is 1.89 bits per heavy atom. The van der Waals surface area contributed by atoms with Gasteiger partial charge >= 0.3 is 12.1 Å². The van der Waals surface area contributed by atoms with E-state index in [1.807, 2.05) is 0 Å². The monoisotopic (exact) mass is 307 g/mol. The van der Waals surface area contributed by atoms with Crippen molar-refractivity contribution in [1.29, 1.82) is 0 Å². The lowest BCUT2D eigenvalue weighted by atomic mass is 10.2. The van der Waals surface area contributed by atoms with Crippen LogP contribution in [0.15, 0.2) is 0 Å². The van der Waals surface area contributed by atoms with Gasteiger partial charge in [-0.3, -0.25) is 0 Å². The molecule has 1 atom stereocenters. The van der Waals surface area contributed by atoms with Crippen molar-refractivity contribution in [2.45, 2.75) is 57.0 Å². The van der Waals surface area contributed by atoms with Crippen LogP contribution < -0.4 is 0 Å². The quantitative estimate of drug-likeness (QED) is 0.331. The summed E-state index contributed by atoms with van der Waals surface area (Å²) in [5.41, 5.74) is 0. The van der Waals surface area contributed by atoms with Gasteiger partial charge in [0.15, 0.2) is 0 Å². The average Bonchev–Trinajstić information content (AvgIpc) is 2.27. The minimum Gasteiger partial charge on any atom is -0.616 e. The minimum absolute atomic E-state index is 0.0962. The molecule has 115 valence electrons. The Balaban J connectivity index is 3.66. The SMILES string of the molecule is [CH2]CCCCCC[S+]([O-])CCCC(F)(F)C(F)(F)F. The summed E-state index contributed by atoms with van der Waals surface area (Å²) in [4.78, 5) is 0. The lowest BCUT2D eigenvalue weighted by Gasteiger charge is -2.19. The highest BCUT2D eigenvalue weighted by atomic mass is 32.2. The zero-order valence-electron chi connectivity index (χ0n) is 10.8. The topological polar surface area (TPSA) is 23.1 Å². The van der Waals surface area contributed by atoms with E-state index in [1.165, 1.54) is 0 Å². The third kappa shape index (κ3) is 8.68. The van der Waals surface area contributed by atoms with Crippen molar-refractivity contribution < 1.29 is 26.5 Å². The molecule has 0 N–H and O–H groups in total. The molecule has 1 nitrogen and oxygen atoms in total. The van der Waals surface area contributed by atoms with Gasteiger partial charge < -0.3 is 4.55 Å². The molecule has 0 aromatic carbocycles. The van der Waals surface area contributed by atoms with Gasteiger partial charge in [-0.05, 0) is 19.3 Å². The van der Waals surface area contributed by atoms with Crippen molar-refractivity contribution >= 4 is 11.2 Å². The van der Waals surface area contributed by atoms with E-state index in [2.05, 4.69) is 6.92 Å². The van der Waals surface area contributed by atoms with Gasteiger partial charge in [-0.1, -0.05) is 37.4 Å². The van der Waals surface area contributed by atoms with Crippen LogP contribution >= 0.6 is 0 Å². The Morgan fingerprint density at radius 1 is 0.842 bits per heavy atom. The Bertz CT molecular complexity index is 233. The number of alkyl halides is 5. The van der Waals surface area contributed by atoms with Crippen LogP contribution in [0.5, 0.6) is 0 Å². The highest BCUT2D eigenvalue weighted by Gasteiger charge is 2.56. The second kappa shape index (κ2) is 9.00. The van der Waals surface area contributed by atoms with Crippen LogP contribution in [0.3, 0.4) is 0 Å². The summed E-state index contributed by atoms with van der Waals surface area (Å²) in [6, 6.07) is 0. The molecule has 1 radical (unpaired) electrons. The zero-order valence-corrected chi connectivity index (χ0v) is 11.6. The minimum atomic E-state index is -5.51. The summed E-state index contributed by atoms with van der Waals surface area (Å²) in [5, 5.41) is 0. The number of unbranched alkanes of at least 4 members (excludes halogenated alkanes) is 4.